The Morgan fingerprint density at radius 1 is 0.333 bits per heavy atom. The molecule has 1 heterocycles. The van der Waals surface area contributed by atoms with Gasteiger partial charge in [0.05, 0.1) is 0 Å². The van der Waals surface area contributed by atoms with E-state index in [2.05, 4.69) is 66.1 Å². The number of unbranched alkanes of at least 4 members (excludes halogenated alkanes) is 14. The number of carbonyl (C=O) groups is 1. The quantitative estimate of drug-likeness (QED) is 0.0119. The molecule has 23 heteroatoms. The Hall–Kier alpha value is -6.94. The molecule has 0 unspecified atom stereocenters. The van der Waals surface area contributed by atoms with Gasteiger partial charge in [-0.3, -0.25) is 4.79 Å². The molecule has 7 rings (SSSR count). The van der Waals surface area contributed by atoms with Gasteiger partial charge in [0.2, 0.25) is 17.0 Å². The fourth-order valence-electron chi connectivity index (χ4n) is 10.1. The number of fused-ring (bicyclic) bond motifs is 1. The Labute approximate surface area is 451 Å². The van der Waals surface area contributed by atoms with Crippen LogP contribution in [-0.4, -0.2) is 11.9 Å². The van der Waals surface area contributed by atoms with Crippen LogP contribution in [-0.2, 0) is 6.54 Å². The molecule has 0 spiro atoms. The molecule has 81 heavy (non-hydrogen) atoms. The lowest BCUT2D eigenvalue weighted by Gasteiger charge is -2.44. The number of rotatable bonds is 23. The van der Waals surface area contributed by atoms with Gasteiger partial charge in [0.25, 0.3) is 0 Å². The van der Waals surface area contributed by atoms with Crippen molar-refractivity contribution in [1.82, 2.24) is 0 Å². The summed E-state index contributed by atoms with van der Waals surface area (Å²) in [5.74, 6) is -71.1. The number of ketones is 1. The zero-order chi connectivity index (χ0) is 59.6. The van der Waals surface area contributed by atoms with Crippen molar-refractivity contribution < 1.29 is 97.2 Å². The number of Topliss-reactive ketones (excluding diaryl/α,β-unsaturated/α-hetero) is 1. The van der Waals surface area contributed by atoms with E-state index in [-0.39, 0.29) is 5.78 Å². The Kier molecular flexibility index (Phi) is 21.6. The van der Waals surface area contributed by atoms with E-state index in [4.69, 9.17) is 0 Å². The second kappa shape index (κ2) is 27.7. The summed E-state index contributed by atoms with van der Waals surface area (Å²) in [6.07, 6.45) is 13.6. The Balaban J connectivity index is 0.000000268. The molecule has 0 saturated heterocycles. The molecule has 0 aliphatic carbocycles. The van der Waals surface area contributed by atoms with Gasteiger partial charge in [0.1, 0.15) is 52.7 Å². The molecule has 0 amide bonds. The minimum absolute atomic E-state index is 0.270. The molecular formula is C58H48BF20NO. The van der Waals surface area contributed by atoms with Crippen molar-refractivity contribution >= 4 is 44.7 Å². The van der Waals surface area contributed by atoms with E-state index in [0.717, 1.165) is 30.6 Å². The van der Waals surface area contributed by atoms with Crippen molar-refractivity contribution in [3.8, 4) is 0 Å². The highest BCUT2D eigenvalue weighted by molar-refractivity contribution is 7.20. The van der Waals surface area contributed by atoms with Crippen molar-refractivity contribution in [1.29, 1.82) is 0 Å². The molecule has 0 atom stereocenters. The van der Waals surface area contributed by atoms with E-state index in [0.29, 0.717) is 6.42 Å². The van der Waals surface area contributed by atoms with Crippen LogP contribution in [0.1, 0.15) is 126 Å². The third kappa shape index (κ3) is 12.8. The molecule has 7 aromatic rings. The van der Waals surface area contributed by atoms with Gasteiger partial charge in [-0.15, -0.1) is 21.9 Å². The summed E-state index contributed by atoms with van der Waals surface area (Å²) in [6.45, 7) is 3.01. The summed E-state index contributed by atoms with van der Waals surface area (Å²) in [5.41, 5.74) is -11.1. The third-order valence-electron chi connectivity index (χ3n) is 14.1. The molecule has 0 aliphatic heterocycles. The first kappa shape index (κ1) is 63.3. The van der Waals surface area contributed by atoms with Crippen LogP contribution in [0, 0.1) is 116 Å². The molecule has 434 valence electrons. The molecule has 1 aromatic heterocycles. The van der Waals surface area contributed by atoms with Crippen LogP contribution >= 0.6 is 0 Å². The van der Waals surface area contributed by atoms with E-state index < -0.39 is 144 Å². The minimum atomic E-state index is -7.22. The predicted octanol–water partition coefficient (Wildman–Crippen LogP) is 15.5. The highest BCUT2D eigenvalue weighted by Crippen LogP contribution is 2.31. The van der Waals surface area contributed by atoms with Gasteiger partial charge in [-0.1, -0.05) is 139 Å². The first-order chi connectivity index (χ1) is 38.5. The first-order valence-corrected chi connectivity index (χ1v) is 25.7. The molecular weight excluding hydrogens is 1120 g/mol. The van der Waals surface area contributed by atoms with Gasteiger partial charge in [-0.05, 0) is 18.6 Å². The third-order valence-corrected chi connectivity index (χ3v) is 14.1. The van der Waals surface area contributed by atoms with Crippen LogP contribution in [0.4, 0.5) is 87.8 Å². The lowest BCUT2D eigenvalue weighted by Crippen LogP contribution is -2.81. The van der Waals surface area contributed by atoms with Crippen molar-refractivity contribution in [2.75, 3.05) is 0 Å². The first-order valence-electron chi connectivity index (χ1n) is 25.7. The summed E-state index contributed by atoms with van der Waals surface area (Å²) in [7, 11) is 0. The number of hydrogen-bond donors (Lipinski definition) is 0. The number of nitrogens with zero attached hydrogens (tertiary/aromatic N) is 1. The maximum atomic E-state index is 15.4. The number of hydrogen-bond acceptors (Lipinski definition) is 1. The van der Waals surface area contributed by atoms with Crippen molar-refractivity contribution in [3.05, 3.63) is 194 Å². The van der Waals surface area contributed by atoms with E-state index in [1.165, 1.54) is 94.4 Å². The summed E-state index contributed by atoms with van der Waals surface area (Å²) in [5, 5.41) is 1.18. The standard InChI is InChI=1S/C34H48NO.C24BF20/c1-2-3-4-5-6-7-8-9-10-11-12-13-14-15-19-26-34(36)33-28-27-31-24-20-21-25-32(31)35(33)29-30-22-17-16-18-23-30;26-5-1(6(27)14(35)21(42)13(5)34)25(2-7(28)15(36)22(43)16(37)8(2)29,3-9(30)17(38)23(44)18(39)10(3)31)4-11(32)19(40)24(45)20(41)12(4)33/h16-18,20-25,27-28H,2-15,19,26,29H2,1H3;/q+1;-1. The lowest BCUT2D eigenvalue weighted by molar-refractivity contribution is -0.664. The number of pyridine rings is 1. The molecule has 2 nitrogen and oxygen atoms in total. The maximum Gasteiger partial charge on any atom is 0.249 e. The second-order valence-corrected chi connectivity index (χ2v) is 19.3. The average molecular weight is 1170 g/mol. The Morgan fingerprint density at radius 3 is 0.951 bits per heavy atom. The summed E-state index contributed by atoms with van der Waals surface area (Å²) >= 11 is 0. The molecule has 6 aromatic carbocycles. The number of halogens is 20. The average Bonchev–Trinajstić information content (AvgIpc) is 3.57. The van der Waals surface area contributed by atoms with Crippen LogP contribution in [0.2, 0.25) is 0 Å². The van der Waals surface area contributed by atoms with Crippen molar-refractivity contribution in [2.24, 2.45) is 0 Å². The van der Waals surface area contributed by atoms with Gasteiger partial charge in [0, 0.05) is 29.5 Å². The highest BCUT2D eigenvalue weighted by Gasteiger charge is 2.52. The van der Waals surface area contributed by atoms with E-state index in [1.54, 1.807) is 0 Å². The number of aromatic nitrogens is 1. The zero-order valence-corrected chi connectivity index (χ0v) is 42.9. The second-order valence-electron chi connectivity index (χ2n) is 19.3. The fourth-order valence-corrected chi connectivity index (χ4v) is 10.1. The monoisotopic (exact) mass is 1170 g/mol. The van der Waals surface area contributed by atoms with Crippen LogP contribution in [0.3, 0.4) is 0 Å². The van der Waals surface area contributed by atoms with Gasteiger partial charge in [-0.25, -0.2) is 87.8 Å². The van der Waals surface area contributed by atoms with Crippen LogP contribution < -0.4 is 26.4 Å². The van der Waals surface area contributed by atoms with Gasteiger partial charge >= 0.3 is 0 Å². The molecule has 0 bridgehead atoms. The molecule has 0 saturated carbocycles. The summed E-state index contributed by atoms with van der Waals surface area (Å²) in [6, 6.07) is 22.9. The fraction of sp³-hybridized carbons (Fsp3) is 0.310. The predicted molar refractivity (Wildman–Crippen MR) is 263 cm³/mol. The SMILES string of the molecule is CCCCCCCCCCCCCCCCCC(=O)c1ccc2ccccc2[n+]1Cc1ccccc1.Fc1c(F)c(F)c([B-](c2c(F)c(F)c(F)c(F)c2F)(c2c(F)c(F)c(F)c(F)c2F)c2c(F)c(F)c(F)c(F)c2F)c(F)c1F. The van der Waals surface area contributed by atoms with Crippen LogP contribution in [0.15, 0.2) is 66.7 Å². The number of benzene rings is 6. The van der Waals surface area contributed by atoms with E-state index in [9.17, 15) is 57.5 Å². The van der Waals surface area contributed by atoms with Crippen molar-refractivity contribution in [2.45, 2.75) is 116 Å². The smallest absolute Gasteiger partial charge is 0.249 e. The zero-order valence-electron chi connectivity index (χ0n) is 42.9. The largest absolute Gasteiger partial charge is 0.287 e. The van der Waals surface area contributed by atoms with Crippen LogP contribution in [0.25, 0.3) is 10.9 Å². The van der Waals surface area contributed by atoms with Gasteiger partial charge in [0.15, 0.2) is 76.4 Å². The summed E-state index contributed by atoms with van der Waals surface area (Å²) in [4.78, 5) is 13.2. The maximum absolute atomic E-state index is 15.4. The minimum Gasteiger partial charge on any atom is -0.287 e. The number of para-hydroxylation sites is 1. The molecule has 0 fully saturated rings. The van der Waals surface area contributed by atoms with Crippen LogP contribution in [0.5, 0.6) is 0 Å². The molecule has 0 aliphatic rings. The molecule has 0 radical (unpaired) electrons. The van der Waals surface area contributed by atoms with Gasteiger partial charge < -0.3 is 0 Å². The Morgan fingerprint density at radius 2 is 0.617 bits per heavy atom. The highest BCUT2D eigenvalue weighted by atomic mass is 19.2. The van der Waals surface area contributed by atoms with Gasteiger partial charge in [-0.2, -0.15) is 4.57 Å². The number of carbonyl (C=O) groups excluding carboxylic acids is 1. The lowest BCUT2D eigenvalue weighted by atomic mass is 9.12. The van der Waals surface area contributed by atoms with E-state index in [1.807, 2.05) is 12.1 Å². The van der Waals surface area contributed by atoms with Crippen molar-refractivity contribution in [3.63, 3.8) is 0 Å². The normalized spacial score (nSPS) is 11.7. The topological polar surface area (TPSA) is 20.9 Å². The summed E-state index contributed by atoms with van der Waals surface area (Å²) < 4.78 is 296. The molecule has 0 N–H and O–H groups in total. The Bertz CT molecular complexity index is 3030. The van der Waals surface area contributed by atoms with E-state index >= 15 is 35.1 Å².